The zero-order chi connectivity index (χ0) is 13.0. The van der Waals surface area contributed by atoms with Gasteiger partial charge in [0.15, 0.2) is 0 Å². The van der Waals surface area contributed by atoms with Gasteiger partial charge in [-0.15, -0.1) is 0 Å². The number of hydrogen-bond donors (Lipinski definition) is 3. The van der Waals surface area contributed by atoms with Crippen LogP contribution in [0.2, 0.25) is 5.02 Å². The normalized spacial score (nSPS) is 21.1. The predicted molar refractivity (Wildman–Crippen MR) is 74.3 cm³/mol. The number of aliphatic hydroxyl groups excluding tert-OH is 1. The molecule has 5 heteroatoms. The Labute approximate surface area is 111 Å². The van der Waals surface area contributed by atoms with Crippen molar-refractivity contribution in [1.82, 2.24) is 5.32 Å². The molecule has 0 amide bonds. The van der Waals surface area contributed by atoms with E-state index >= 15 is 0 Å². The van der Waals surface area contributed by atoms with Gasteiger partial charge in [0, 0.05) is 12.2 Å². The van der Waals surface area contributed by atoms with Crippen LogP contribution in [0.5, 0.6) is 0 Å². The number of nitrogens with zero attached hydrogens (tertiary/aromatic N) is 1. The number of rotatable bonds is 2. The summed E-state index contributed by atoms with van der Waals surface area (Å²) in [5, 5.41) is 13.0. The van der Waals surface area contributed by atoms with E-state index in [1.54, 1.807) is 6.07 Å². The molecule has 0 spiro atoms. The first-order chi connectivity index (χ1) is 8.72. The Morgan fingerprint density at radius 3 is 2.94 bits per heavy atom. The molecule has 2 rings (SSSR count). The van der Waals surface area contributed by atoms with Crippen molar-refractivity contribution in [2.24, 2.45) is 10.7 Å². The van der Waals surface area contributed by atoms with E-state index in [0.29, 0.717) is 17.3 Å². The minimum Gasteiger partial charge on any atom is -0.400 e. The van der Waals surface area contributed by atoms with E-state index < -0.39 is 0 Å². The van der Waals surface area contributed by atoms with E-state index in [9.17, 15) is 0 Å². The average molecular weight is 266 g/mol. The Morgan fingerprint density at radius 1 is 1.44 bits per heavy atom. The second kappa shape index (κ2) is 6.00. The number of hydrogen-bond acceptors (Lipinski definition) is 4. The Hall–Kier alpha value is -1.36. The molecule has 1 fully saturated rings. The lowest BCUT2D eigenvalue weighted by Gasteiger charge is -2.20. The van der Waals surface area contributed by atoms with Crippen LogP contribution in [0.3, 0.4) is 0 Å². The molecule has 0 unspecified atom stereocenters. The molecular weight excluding hydrogens is 250 g/mol. The van der Waals surface area contributed by atoms with Crippen LogP contribution < -0.4 is 11.1 Å². The molecule has 1 aromatic rings. The molecule has 1 aliphatic rings. The summed E-state index contributed by atoms with van der Waals surface area (Å²) in [6.45, 7) is 1.34. The Morgan fingerprint density at radius 2 is 2.22 bits per heavy atom. The minimum atomic E-state index is -0.142. The van der Waals surface area contributed by atoms with Crippen LogP contribution in [0.1, 0.15) is 6.42 Å². The highest BCUT2D eigenvalue weighted by Gasteiger charge is 2.16. The molecular formula is C13H16ClN3O. The fraction of sp³-hybridized carbons (Fsp3) is 0.308. The maximum Gasteiger partial charge on any atom is 0.0828 e. The first-order valence-corrected chi connectivity index (χ1v) is 6.21. The molecule has 96 valence electrons. The van der Waals surface area contributed by atoms with Crippen LogP contribution in [0, 0.1) is 0 Å². The van der Waals surface area contributed by atoms with Gasteiger partial charge in [-0.1, -0.05) is 23.7 Å². The third-order valence-corrected chi connectivity index (χ3v) is 3.18. The smallest absolute Gasteiger partial charge is 0.0828 e. The van der Waals surface area contributed by atoms with Crippen molar-refractivity contribution < 1.29 is 5.11 Å². The summed E-state index contributed by atoms with van der Waals surface area (Å²) in [6.07, 6.45) is 0.773. The molecule has 4 N–H and O–H groups in total. The van der Waals surface area contributed by atoms with Gasteiger partial charge < -0.3 is 16.2 Å². The van der Waals surface area contributed by atoms with Crippen LogP contribution in [-0.2, 0) is 0 Å². The number of halogens is 1. The van der Waals surface area contributed by atoms with Crippen molar-refractivity contribution in [2.75, 3.05) is 19.7 Å². The maximum absolute atomic E-state index is 9.14. The topological polar surface area (TPSA) is 70.6 Å². The van der Waals surface area contributed by atoms with Gasteiger partial charge in [-0.3, -0.25) is 4.99 Å². The van der Waals surface area contributed by atoms with E-state index in [2.05, 4.69) is 10.3 Å². The highest BCUT2D eigenvalue weighted by Crippen LogP contribution is 2.25. The lowest BCUT2D eigenvalue weighted by Crippen LogP contribution is -2.34. The number of benzene rings is 1. The van der Waals surface area contributed by atoms with E-state index in [4.69, 9.17) is 22.4 Å². The SMILES string of the molecule is N/C(CO)=C1/CCNCC1=Nc1ccccc1Cl. The lowest BCUT2D eigenvalue weighted by molar-refractivity contribution is 0.328. The number of para-hydroxylation sites is 1. The second-order valence-electron chi connectivity index (χ2n) is 4.10. The van der Waals surface area contributed by atoms with Crippen molar-refractivity contribution in [3.63, 3.8) is 0 Å². The third-order valence-electron chi connectivity index (χ3n) is 2.86. The van der Waals surface area contributed by atoms with Gasteiger partial charge >= 0.3 is 0 Å². The third kappa shape index (κ3) is 2.90. The van der Waals surface area contributed by atoms with Crippen LogP contribution in [0.15, 0.2) is 40.5 Å². The molecule has 1 aliphatic heterocycles. The summed E-state index contributed by atoms with van der Waals surface area (Å²) in [5.41, 5.74) is 8.80. The lowest BCUT2D eigenvalue weighted by atomic mass is 10.0. The Kier molecular flexibility index (Phi) is 4.36. The van der Waals surface area contributed by atoms with Gasteiger partial charge in [-0.25, -0.2) is 0 Å². The minimum absolute atomic E-state index is 0.142. The molecule has 1 aromatic carbocycles. The molecule has 0 aliphatic carbocycles. The van der Waals surface area contributed by atoms with Crippen molar-refractivity contribution in [3.8, 4) is 0 Å². The molecule has 18 heavy (non-hydrogen) atoms. The van der Waals surface area contributed by atoms with E-state index in [1.807, 2.05) is 18.2 Å². The van der Waals surface area contributed by atoms with E-state index in [0.717, 1.165) is 29.9 Å². The summed E-state index contributed by atoms with van der Waals surface area (Å²) in [6, 6.07) is 7.41. The van der Waals surface area contributed by atoms with Crippen LogP contribution in [-0.4, -0.2) is 30.5 Å². The fourth-order valence-corrected chi connectivity index (χ4v) is 2.09. The largest absolute Gasteiger partial charge is 0.400 e. The standard InChI is InChI=1S/C13H16ClN3O/c14-10-3-1-2-4-12(10)17-13-7-16-6-5-9(13)11(15)8-18/h1-4,16,18H,5-8,15H2/b11-9-,17-13?. The number of nitrogens with one attached hydrogen (secondary N) is 1. The summed E-state index contributed by atoms with van der Waals surface area (Å²) in [4.78, 5) is 4.54. The Bertz CT molecular complexity index is 497. The van der Waals surface area contributed by atoms with Gasteiger partial charge in [-0.05, 0) is 30.7 Å². The predicted octanol–water partition coefficient (Wildman–Crippen LogP) is 1.61. The molecule has 0 aromatic heterocycles. The number of piperidine rings is 1. The van der Waals surface area contributed by atoms with Crippen molar-refractivity contribution in [3.05, 3.63) is 40.6 Å². The van der Waals surface area contributed by atoms with Crippen molar-refractivity contribution in [2.45, 2.75) is 6.42 Å². The Balaban J connectivity index is 2.38. The summed E-state index contributed by atoms with van der Waals surface area (Å²) >= 11 is 6.08. The quantitative estimate of drug-likeness (QED) is 0.761. The monoisotopic (exact) mass is 265 g/mol. The average Bonchev–Trinajstić information content (AvgIpc) is 2.41. The first-order valence-electron chi connectivity index (χ1n) is 5.84. The van der Waals surface area contributed by atoms with Crippen LogP contribution >= 0.6 is 11.6 Å². The maximum atomic E-state index is 9.14. The molecule has 0 radical (unpaired) electrons. The fourth-order valence-electron chi connectivity index (χ4n) is 1.91. The van der Waals surface area contributed by atoms with Gasteiger partial charge in [0.1, 0.15) is 0 Å². The summed E-state index contributed by atoms with van der Waals surface area (Å²) in [7, 11) is 0. The van der Waals surface area contributed by atoms with Crippen LogP contribution in [0.4, 0.5) is 5.69 Å². The molecule has 1 heterocycles. The highest BCUT2D eigenvalue weighted by atomic mass is 35.5. The van der Waals surface area contributed by atoms with Gasteiger partial charge in [0.2, 0.25) is 0 Å². The second-order valence-corrected chi connectivity index (χ2v) is 4.51. The van der Waals surface area contributed by atoms with Gasteiger partial charge in [0.05, 0.1) is 23.0 Å². The zero-order valence-corrected chi connectivity index (χ0v) is 10.7. The van der Waals surface area contributed by atoms with E-state index in [-0.39, 0.29) is 6.61 Å². The van der Waals surface area contributed by atoms with Crippen LogP contribution in [0.25, 0.3) is 0 Å². The van der Waals surface area contributed by atoms with Crippen molar-refractivity contribution in [1.29, 1.82) is 0 Å². The number of aliphatic imine (C=N–C) groups is 1. The molecule has 4 nitrogen and oxygen atoms in total. The molecule has 1 saturated heterocycles. The summed E-state index contributed by atoms with van der Waals surface area (Å²) in [5.74, 6) is 0. The van der Waals surface area contributed by atoms with Crippen molar-refractivity contribution >= 4 is 23.0 Å². The molecule has 0 atom stereocenters. The zero-order valence-electron chi connectivity index (χ0n) is 9.99. The number of aliphatic hydroxyl groups is 1. The highest BCUT2D eigenvalue weighted by molar-refractivity contribution is 6.33. The summed E-state index contributed by atoms with van der Waals surface area (Å²) < 4.78 is 0. The first kappa shape index (κ1) is 13.1. The van der Waals surface area contributed by atoms with Gasteiger partial charge in [0.25, 0.3) is 0 Å². The van der Waals surface area contributed by atoms with Gasteiger partial charge in [-0.2, -0.15) is 0 Å². The number of nitrogens with two attached hydrogens (primary N) is 1. The molecule has 0 saturated carbocycles. The van der Waals surface area contributed by atoms with E-state index in [1.165, 1.54) is 0 Å². The molecule has 0 bridgehead atoms.